The molecule has 0 saturated carbocycles. The van der Waals surface area contributed by atoms with E-state index >= 15 is 0 Å². The molecular weight excluding hydrogens is 717 g/mol. The minimum atomic E-state index is -1.35. The van der Waals surface area contributed by atoms with E-state index in [4.69, 9.17) is 18.9 Å². The average Bonchev–Trinajstić information content (AvgIpc) is 3.43. The second-order valence-electron chi connectivity index (χ2n) is 20.2. The highest BCUT2D eigenvalue weighted by atomic mass is 16.7. The molecule has 342 valence electrons. The van der Waals surface area contributed by atoms with Gasteiger partial charge in [0.05, 0.1) is 19.8 Å². The lowest BCUT2D eigenvalue weighted by atomic mass is 9.91. The summed E-state index contributed by atoms with van der Waals surface area (Å²) in [5.41, 5.74) is 0. The van der Waals surface area contributed by atoms with E-state index in [1.807, 2.05) is 0 Å². The topological polar surface area (TPSA) is 118 Å². The minimum absolute atomic E-state index is 0.128. The molecule has 4 N–H and O–H groups in total. The highest BCUT2D eigenvalue weighted by Crippen LogP contribution is 2.27. The van der Waals surface area contributed by atoms with E-state index in [9.17, 15) is 20.4 Å². The predicted molar refractivity (Wildman–Crippen MR) is 237 cm³/mol. The van der Waals surface area contributed by atoms with Crippen LogP contribution in [0.2, 0.25) is 0 Å². The molecule has 0 radical (unpaired) electrons. The quantitative estimate of drug-likeness (QED) is 0.0455. The van der Waals surface area contributed by atoms with Crippen LogP contribution >= 0.6 is 0 Å². The van der Waals surface area contributed by atoms with E-state index in [-0.39, 0.29) is 12.7 Å². The van der Waals surface area contributed by atoms with E-state index < -0.39 is 37.3 Å². The maximum atomic E-state index is 10.5. The van der Waals surface area contributed by atoms with Crippen molar-refractivity contribution in [3.8, 4) is 0 Å². The monoisotopic (exact) mass is 815 g/mol. The molecule has 1 saturated heterocycles. The largest absolute Gasteiger partial charge is 0.394 e. The van der Waals surface area contributed by atoms with Gasteiger partial charge in [-0.05, 0) is 60.2 Å². The first-order chi connectivity index (χ1) is 27.1. The van der Waals surface area contributed by atoms with Crippen LogP contribution in [0.5, 0.6) is 0 Å². The van der Waals surface area contributed by atoms with Crippen LogP contribution in [-0.4, -0.2) is 90.3 Å². The maximum absolute atomic E-state index is 10.5. The Kier molecular flexibility index (Phi) is 32.0. The lowest BCUT2D eigenvalue weighted by molar-refractivity contribution is -0.198. The van der Waals surface area contributed by atoms with Crippen molar-refractivity contribution in [2.24, 2.45) is 47.3 Å². The lowest BCUT2D eigenvalue weighted by Gasteiger charge is -2.23. The van der Waals surface area contributed by atoms with E-state index in [0.29, 0.717) is 31.7 Å². The van der Waals surface area contributed by atoms with Crippen molar-refractivity contribution in [2.75, 3.05) is 33.0 Å². The number of rotatable bonds is 38. The Hall–Kier alpha value is -0.320. The lowest BCUT2D eigenvalue weighted by Crippen LogP contribution is -2.40. The van der Waals surface area contributed by atoms with Crippen LogP contribution in [0.1, 0.15) is 198 Å². The fraction of sp³-hybridized carbons (Fsp3) is 1.00. The molecule has 0 spiro atoms. The van der Waals surface area contributed by atoms with Crippen molar-refractivity contribution in [3.63, 3.8) is 0 Å². The van der Waals surface area contributed by atoms with Gasteiger partial charge in [0.2, 0.25) is 0 Å². The predicted octanol–water partition coefficient (Wildman–Crippen LogP) is 11.1. The fourth-order valence-electron chi connectivity index (χ4n) is 8.39. The molecule has 1 heterocycles. The molecule has 12 atom stereocenters. The first-order valence-electron chi connectivity index (χ1n) is 24.2. The highest BCUT2D eigenvalue weighted by Gasteiger charge is 2.46. The molecule has 0 aromatic carbocycles. The normalized spacial score (nSPS) is 23.2. The van der Waals surface area contributed by atoms with Crippen molar-refractivity contribution in [1.82, 2.24) is 0 Å². The van der Waals surface area contributed by atoms with Gasteiger partial charge in [-0.1, -0.05) is 185 Å². The van der Waals surface area contributed by atoms with Crippen molar-refractivity contribution in [1.29, 1.82) is 0 Å². The third kappa shape index (κ3) is 28.0. The summed E-state index contributed by atoms with van der Waals surface area (Å²) in [4.78, 5) is 0. The van der Waals surface area contributed by atoms with Crippen LogP contribution in [0.4, 0.5) is 0 Å². The zero-order valence-corrected chi connectivity index (χ0v) is 39.2. The molecule has 57 heavy (non-hydrogen) atoms. The van der Waals surface area contributed by atoms with Crippen molar-refractivity contribution >= 4 is 0 Å². The minimum Gasteiger partial charge on any atom is -0.394 e. The molecule has 1 aliphatic heterocycles. The summed E-state index contributed by atoms with van der Waals surface area (Å²) in [5, 5.41) is 40.2. The highest BCUT2D eigenvalue weighted by molar-refractivity contribution is 4.90. The molecule has 0 bridgehead atoms. The Morgan fingerprint density at radius 1 is 0.474 bits per heavy atom. The molecule has 8 heteroatoms. The molecule has 0 aromatic heterocycles. The number of hydrogen-bond donors (Lipinski definition) is 4. The number of ether oxygens (including phenoxy) is 4. The Morgan fingerprint density at radius 2 is 0.842 bits per heavy atom. The van der Waals surface area contributed by atoms with Gasteiger partial charge in [-0.2, -0.15) is 0 Å². The van der Waals surface area contributed by atoms with Gasteiger partial charge < -0.3 is 39.4 Å². The van der Waals surface area contributed by atoms with Gasteiger partial charge in [-0.15, -0.1) is 0 Å². The second-order valence-corrected chi connectivity index (χ2v) is 20.2. The van der Waals surface area contributed by atoms with Gasteiger partial charge in [-0.25, -0.2) is 0 Å². The summed E-state index contributed by atoms with van der Waals surface area (Å²) < 4.78 is 23.9. The van der Waals surface area contributed by atoms with E-state index in [1.165, 1.54) is 116 Å². The number of aliphatic hydroxyl groups excluding tert-OH is 4. The SMILES string of the molecule is CC(C)CCC[C@@H](C)CCC[C@@H](C)CCCC(C)CCOCC(CO[C@@H]1O[C@H]([C@H](O)CO)[C@H](O)[C@@H]1O)OCCC(C)CCC[C@H](C)CCC[C@H](C)CCCC(C)C. The molecule has 0 aromatic rings. The van der Waals surface area contributed by atoms with Crippen LogP contribution in [0.3, 0.4) is 0 Å². The summed E-state index contributed by atoms with van der Waals surface area (Å²) >= 11 is 0. The Balaban J connectivity index is 2.42. The van der Waals surface area contributed by atoms with Gasteiger partial charge in [-0.3, -0.25) is 0 Å². The van der Waals surface area contributed by atoms with Crippen LogP contribution in [0.25, 0.3) is 0 Å². The van der Waals surface area contributed by atoms with Crippen LogP contribution < -0.4 is 0 Å². The van der Waals surface area contributed by atoms with E-state index in [1.54, 1.807) is 0 Å². The molecule has 1 fully saturated rings. The number of hydrogen-bond acceptors (Lipinski definition) is 8. The molecule has 1 aliphatic rings. The van der Waals surface area contributed by atoms with Crippen LogP contribution in [-0.2, 0) is 18.9 Å². The molecule has 3 unspecified atom stereocenters. The van der Waals surface area contributed by atoms with Crippen LogP contribution in [0.15, 0.2) is 0 Å². The third-order valence-electron chi connectivity index (χ3n) is 12.8. The summed E-state index contributed by atoms with van der Waals surface area (Å²) in [6.07, 6.45) is 19.2. The molecule has 1 rings (SSSR count). The molecular formula is C49H98O8. The van der Waals surface area contributed by atoms with Crippen molar-refractivity contribution in [2.45, 2.75) is 234 Å². The summed E-state index contributed by atoms with van der Waals surface area (Å²) in [6.45, 7) is 24.8. The maximum Gasteiger partial charge on any atom is 0.186 e. The summed E-state index contributed by atoms with van der Waals surface area (Å²) in [7, 11) is 0. The van der Waals surface area contributed by atoms with Gasteiger partial charge in [0.15, 0.2) is 6.29 Å². The Morgan fingerprint density at radius 3 is 1.23 bits per heavy atom. The molecule has 0 amide bonds. The Labute approximate surface area is 353 Å². The molecule has 0 aliphatic carbocycles. The van der Waals surface area contributed by atoms with Crippen molar-refractivity contribution in [3.05, 3.63) is 0 Å². The van der Waals surface area contributed by atoms with Gasteiger partial charge in [0, 0.05) is 13.2 Å². The Bertz CT molecular complexity index is 903. The van der Waals surface area contributed by atoms with E-state index in [0.717, 1.165) is 48.3 Å². The van der Waals surface area contributed by atoms with Crippen LogP contribution in [0, 0.1) is 47.3 Å². The fourth-order valence-corrected chi connectivity index (χ4v) is 8.39. The second kappa shape index (κ2) is 33.3. The zero-order valence-electron chi connectivity index (χ0n) is 39.2. The zero-order chi connectivity index (χ0) is 42.6. The van der Waals surface area contributed by atoms with Gasteiger partial charge in [0.1, 0.15) is 30.5 Å². The summed E-state index contributed by atoms with van der Waals surface area (Å²) in [6, 6.07) is 0. The van der Waals surface area contributed by atoms with Gasteiger partial charge in [0.25, 0.3) is 0 Å². The molecule has 8 nitrogen and oxygen atoms in total. The third-order valence-corrected chi connectivity index (χ3v) is 12.8. The first kappa shape index (κ1) is 54.7. The van der Waals surface area contributed by atoms with E-state index in [2.05, 4.69) is 69.2 Å². The van der Waals surface area contributed by atoms with Crippen molar-refractivity contribution < 1.29 is 39.4 Å². The number of aliphatic hydroxyl groups is 4. The standard InChI is InChI=1S/C49H98O8/c1-36(2)17-11-19-38(5)21-13-23-40(7)25-15-27-42(9)29-31-54-34-44(35-56-49-47(53)46(52)48(57-49)45(51)33-50)55-32-30-43(10)28-16-26-41(8)24-14-22-39(6)20-12-18-37(3)4/h36-53H,11-35H2,1-10H3/t38-,39-,40-,41-,42?,43?,44?,45-,46-,47+,48-,49-/m1/s1. The average molecular weight is 815 g/mol. The first-order valence-corrected chi connectivity index (χ1v) is 24.2. The van der Waals surface area contributed by atoms with Gasteiger partial charge >= 0.3 is 0 Å². The smallest absolute Gasteiger partial charge is 0.186 e. The summed E-state index contributed by atoms with van der Waals surface area (Å²) in [5.74, 6) is 6.06.